The summed E-state index contributed by atoms with van der Waals surface area (Å²) in [6.45, 7) is 2.69. The summed E-state index contributed by atoms with van der Waals surface area (Å²) in [5.74, 6) is 0.351. The normalized spacial score (nSPS) is 9.76. The summed E-state index contributed by atoms with van der Waals surface area (Å²) in [5.41, 5.74) is 1.39. The number of hydrogen-bond donors (Lipinski definition) is 1. The van der Waals surface area contributed by atoms with Gasteiger partial charge in [-0.05, 0) is 25.1 Å². The fourth-order valence-corrected chi connectivity index (χ4v) is 1.78. The van der Waals surface area contributed by atoms with E-state index in [1.54, 1.807) is 31.3 Å². The van der Waals surface area contributed by atoms with Gasteiger partial charge in [0.05, 0.1) is 24.0 Å². The first kappa shape index (κ1) is 14.5. The van der Waals surface area contributed by atoms with Crippen LogP contribution >= 0.6 is 0 Å². The highest BCUT2D eigenvalue weighted by atomic mass is 16.2. The molecule has 6 heteroatoms. The van der Waals surface area contributed by atoms with E-state index in [0.717, 1.165) is 6.54 Å². The molecular weight excluding hydrogens is 266 g/mol. The third kappa shape index (κ3) is 3.34. The highest BCUT2D eigenvalue weighted by molar-refractivity contribution is 6.04. The molecule has 0 atom stereocenters. The molecule has 2 rings (SSSR count). The fourth-order valence-electron chi connectivity index (χ4n) is 1.78. The Morgan fingerprint density at radius 3 is 2.81 bits per heavy atom. The standard InChI is InChI=1S/C15H15N5O/c1-3-17-14-10-18-13(9-19-14)15(21)20(2)12-6-4-5-11(7-12)8-16/h4-7,9-10H,3H2,1-2H3,(H,17,19). The molecule has 0 aliphatic heterocycles. The Kier molecular flexibility index (Phi) is 4.46. The summed E-state index contributed by atoms with van der Waals surface area (Å²) in [4.78, 5) is 22.0. The monoisotopic (exact) mass is 281 g/mol. The van der Waals surface area contributed by atoms with Gasteiger partial charge in [-0.2, -0.15) is 5.26 Å². The van der Waals surface area contributed by atoms with Gasteiger partial charge in [0.2, 0.25) is 0 Å². The summed E-state index contributed by atoms with van der Waals surface area (Å²) in [6.07, 6.45) is 2.96. The molecule has 0 fully saturated rings. The lowest BCUT2D eigenvalue weighted by Gasteiger charge is -2.17. The molecule has 2 aromatic rings. The van der Waals surface area contributed by atoms with Gasteiger partial charge in [-0.25, -0.2) is 9.97 Å². The lowest BCUT2D eigenvalue weighted by Crippen LogP contribution is -2.27. The van der Waals surface area contributed by atoms with E-state index in [-0.39, 0.29) is 11.6 Å². The van der Waals surface area contributed by atoms with Gasteiger partial charge < -0.3 is 10.2 Å². The van der Waals surface area contributed by atoms with Crippen LogP contribution < -0.4 is 10.2 Å². The zero-order chi connectivity index (χ0) is 15.2. The summed E-state index contributed by atoms with van der Waals surface area (Å²) < 4.78 is 0. The van der Waals surface area contributed by atoms with Crippen LogP contribution in [0.4, 0.5) is 11.5 Å². The Labute approximate surface area is 123 Å². The first-order valence-electron chi connectivity index (χ1n) is 6.50. The molecule has 1 aromatic heterocycles. The molecule has 0 saturated carbocycles. The molecule has 0 spiro atoms. The van der Waals surface area contributed by atoms with Crippen LogP contribution in [0.1, 0.15) is 23.0 Å². The Balaban J connectivity index is 2.20. The van der Waals surface area contributed by atoms with Crippen LogP contribution in [0.25, 0.3) is 0 Å². The number of amides is 1. The van der Waals surface area contributed by atoms with Gasteiger partial charge in [0, 0.05) is 19.3 Å². The Bertz CT molecular complexity index is 675. The molecule has 1 N–H and O–H groups in total. The maximum atomic E-state index is 12.3. The van der Waals surface area contributed by atoms with Crippen molar-refractivity contribution in [1.29, 1.82) is 5.26 Å². The SMILES string of the molecule is CCNc1cnc(C(=O)N(C)c2cccc(C#N)c2)cn1. The fraction of sp³-hybridized carbons (Fsp3) is 0.200. The number of hydrogen-bond acceptors (Lipinski definition) is 5. The molecule has 0 radical (unpaired) electrons. The summed E-state index contributed by atoms with van der Waals surface area (Å²) in [6, 6.07) is 8.88. The van der Waals surface area contributed by atoms with Gasteiger partial charge in [0.15, 0.2) is 0 Å². The molecule has 1 aromatic carbocycles. The molecule has 1 heterocycles. The Hall–Kier alpha value is -2.94. The largest absolute Gasteiger partial charge is 0.369 e. The highest BCUT2D eigenvalue weighted by Crippen LogP contribution is 2.16. The number of rotatable bonds is 4. The van der Waals surface area contributed by atoms with Gasteiger partial charge >= 0.3 is 0 Å². The van der Waals surface area contributed by atoms with E-state index in [1.165, 1.54) is 17.3 Å². The first-order valence-corrected chi connectivity index (χ1v) is 6.50. The highest BCUT2D eigenvalue weighted by Gasteiger charge is 2.15. The van der Waals surface area contributed by atoms with Crippen molar-refractivity contribution in [1.82, 2.24) is 9.97 Å². The van der Waals surface area contributed by atoms with Crippen LogP contribution in [0.2, 0.25) is 0 Å². The third-order valence-electron chi connectivity index (χ3n) is 2.90. The first-order chi connectivity index (χ1) is 10.2. The number of aromatic nitrogens is 2. The van der Waals surface area contributed by atoms with Crippen molar-refractivity contribution in [3.8, 4) is 6.07 Å². The zero-order valence-electron chi connectivity index (χ0n) is 11.9. The molecule has 21 heavy (non-hydrogen) atoms. The Morgan fingerprint density at radius 2 is 2.19 bits per heavy atom. The van der Waals surface area contributed by atoms with E-state index < -0.39 is 0 Å². The topological polar surface area (TPSA) is 81.9 Å². The molecule has 6 nitrogen and oxygen atoms in total. The molecular formula is C15H15N5O. The number of carbonyl (C=O) groups excluding carboxylic acids is 1. The van der Waals surface area contributed by atoms with Crippen LogP contribution in [0.3, 0.4) is 0 Å². The summed E-state index contributed by atoms with van der Waals surface area (Å²) in [7, 11) is 1.64. The second-order valence-electron chi connectivity index (χ2n) is 4.34. The third-order valence-corrected chi connectivity index (χ3v) is 2.90. The van der Waals surface area contributed by atoms with E-state index in [2.05, 4.69) is 15.3 Å². The van der Waals surface area contributed by atoms with E-state index in [1.807, 2.05) is 13.0 Å². The minimum Gasteiger partial charge on any atom is -0.369 e. The van der Waals surface area contributed by atoms with Crippen molar-refractivity contribution in [2.24, 2.45) is 0 Å². The summed E-state index contributed by atoms with van der Waals surface area (Å²) in [5, 5.41) is 11.9. The van der Waals surface area contributed by atoms with Crippen LogP contribution in [0, 0.1) is 11.3 Å². The molecule has 106 valence electrons. The zero-order valence-corrected chi connectivity index (χ0v) is 11.9. The molecule has 0 bridgehead atoms. The average Bonchev–Trinajstić information content (AvgIpc) is 2.54. The van der Waals surface area contributed by atoms with Gasteiger partial charge in [-0.15, -0.1) is 0 Å². The quantitative estimate of drug-likeness (QED) is 0.927. The van der Waals surface area contributed by atoms with Crippen molar-refractivity contribution >= 4 is 17.4 Å². The van der Waals surface area contributed by atoms with Crippen LogP contribution in [-0.4, -0.2) is 29.5 Å². The van der Waals surface area contributed by atoms with Crippen LogP contribution in [0.15, 0.2) is 36.7 Å². The van der Waals surface area contributed by atoms with Crippen molar-refractivity contribution in [3.05, 3.63) is 47.9 Å². The van der Waals surface area contributed by atoms with Crippen molar-refractivity contribution < 1.29 is 4.79 Å². The van der Waals surface area contributed by atoms with Crippen LogP contribution in [-0.2, 0) is 0 Å². The number of nitrogens with one attached hydrogen (secondary N) is 1. The second kappa shape index (κ2) is 6.48. The van der Waals surface area contributed by atoms with Gasteiger partial charge in [0.25, 0.3) is 5.91 Å². The molecule has 0 aliphatic rings. The lowest BCUT2D eigenvalue weighted by molar-refractivity contribution is 0.0988. The van der Waals surface area contributed by atoms with E-state index in [4.69, 9.17) is 5.26 Å². The predicted molar refractivity (Wildman–Crippen MR) is 80.1 cm³/mol. The average molecular weight is 281 g/mol. The number of nitrogens with zero attached hydrogens (tertiary/aromatic N) is 4. The van der Waals surface area contributed by atoms with E-state index >= 15 is 0 Å². The van der Waals surface area contributed by atoms with Crippen molar-refractivity contribution in [2.75, 3.05) is 23.8 Å². The predicted octanol–water partition coefficient (Wildman–Crippen LogP) is 2.06. The van der Waals surface area contributed by atoms with E-state index in [0.29, 0.717) is 17.1 Å². The van der Waals surface area contributed by atoms with Crippen LogP contribution in [0.5, 0.6) is 0 Å². The number of anilines is 2. The van der Waals surface area contributed by atoms with Gasteiger partial charge in [-0.3, -0.25) is 4.79 Å². The smallest absolute Gasteiger partial charge is 0.278 e. The number of nitriles is 1. The molecule has 1 amide bonds. The summed E-state index contributed by atoms with van der Waals surface area (Å²) >= 11 is 0. The maximum absolute atomic E-state index is 12.3. The van der Waals surface area contributed by atoms with Gasteiger partial charge in [0.1, 0.15) is 11.5 Å². The lowest BCUT2D eigenvalue weighted by atomic mass is 10.2. The number of benzene rings is 1. The van der Waals surface area contributed by atoms with Gasteiger partial charge in [-0.1, -0.05) is 6.07 Å². The Morgan fingerprint density at radius 1 is 1.38 bits per heavy atom. The number of carbonyl (C=O) groups is 1. The molecule has 0 unspecified atom stereocenters. The maximum Gasteiger partial charge on any atom is 0.278 e. The van der Waals surface area contributed by atoms with E-state index in [9.17, 15) is 4.79 Å². The minimum atomic E-state index is -0.277. The molecule has 0 aliphatic carbocycles. The van der Waals surface area contributed by atoms with Crippen molar-refractivity contribution in [3.63, 3.8) is 0 Å². The molecule has 0 saturated heterocycles. The van der Waals surface area contributed by atoms with Crippen molar-refractivity contribution in [2.45, 2.75) is 6.92 Å². The second-order valence-corrected chi connectivity index (χ2v) is 4.34. The minimum absolute atomic E-state index is 0.251.